The lowest BCUT2D eigenvalue weighted by Crippen LogP contribution is -2.64. The molecule has 40 heavy (non-hydrogen) atoms. The van der Waals surface area contributed by atoms with Gasteiger partial charge in [-0.15, -0.1) is 0 Å². The summed E-state index contributed by atoms with van der Waals surface area (Å²) >= 11 is 0. The number of aliphatic hydroxyl groups excluding tert-OH is 2. The molecular weight excluding hydrogens is 512 g/mol. The number of hydrogen-bond donors (Lipinski definition) is 3. The number of carbonyl (C=O) groups is 4. The Morgan fingerprint density at radius 1 is 1.07 bits per heavy atom. The van der Waals surface area contributed by atoms with Gasteiger partial charge in [-0.1, -0.05) is 32.4 Å². The Labute approximate surface area is 236 Å². The van der Waals surface area contributed by atoms with Gasteiger partial charge in [0.05, 0.1) is 11.5 Å². The molecule has 0 saturated heterocycles. The van der Waals surface area contributed by atoms with Crippen molar-refractivity contribution in [3.63, 3.8) is 0 Å². The van der Waals surface area contributed by atoms with E-state index in [2.05, 4.69) is 0 Å². The third-order valence-electron chi connectivity index (χ3n) is 11.2. The summed E-state index contributed by atoms with van der Waals surface area (Å²) in [6.07, 6.45) is 5.89. The smallest absolute Gasteiger partial charge is 0.303 e. The molecule has 0 aromatic heterocycles. The van der Waals surface area contributed by atoms with Crippen LogP contribution >= 0.6 is 0 Å². The molecule has 0 radical (unpaired) electrons. The van der Waals surface area contributed by atoms with Crippen LogP contribution in [-0.4, -0.2) is 55.9 Å². The van der Waals surface area contributed by atoms with Gasteiger partial charge in [-0.2, -0.15) is 0 Å². The fourth-order valence-electron chi connectivity index (χ4n) is 8.98. The lowest BCUT2D eigenvalue weighted by atomic mass is 9.39. The second-order valence-electron chi connectivity index (χ2n) is 14.4. The highest BCUT2D eigenvalue weighted by Gasteiger charge is 2.74. The molecule has 0 bridgehead atoms. The highest BCUT2D eigenvalue weighted by Crippen LogP contribution is 2.73. The van der Waals surface area contributed by atoms with Gasteiger partial charge < -0.3 is 20.1 Å². The van der Waals surface area contributed by atoms with E-state index >= 15 is 0 Å². The monoisotopic (exact) mass is 556 g/mol. The first-order valence-electron chi connectivity index (χ1n) is 14.1. The van der Waals surface area contributed by atoms with Crippen molar-refractivity contribution < 1.29 is 39.2 Å². The molecule has 0 unspecified atom stereocenters. The SMILES string of the molecule is CC(=O)OC(C)(C)/C=C/C(=O)[C@](C)(O)[C@H]1[C@H](O)C[C@@]2(C)[C@@H]3CC=C4[C@H](C=C(O)C(=O)C4(C)C)[C@]3(C)C(=O)C[C@]12C. The van der Waals surface area contributed by atoms with Crippen molar-refractivity contribution in [3.05, 3.63) is 35.6 Å². The number of carbonyl (C=O) groups excluding carboxylic acids is 4. The van der Waals surface area contributed by atoms with Gasteiger partial charge in [0.2, 0.25) is 5.78 Å². The lowest BCUT2D eigenvalue weighted by molar-refractivity contribution is -0.179. The summed E-state index contributed by atoms with van der Waals surface area (Å²) in [4.78, 5) is 52.0. The van der Waals surface area contributed by atoms with E-state index in [4.69, 9.17) is 4.74 Å². The molecular formula is C32H44O8. The molecule has 220 valence electrons. The number of aliphatic hydroxyl groups is 3. The van der Waals surface area contributed by atoms with Gasteiger partial charge in [-0.3, -0.25) is 19.2 Å². The molecule has 0 aromatic carbocycles. The summed E-state index contributed by atoms with van der Waals surface area (Å²) in [6, 6.07) is 0. The molecule has 0 amide bonds. The van der Waals surface area contributed by atoms with Gasteiger partial charge in [0.15, 0.2) is 11.5 Å². The summed E-state index contributed by atoms with van der Waals surface area (Å²) in [7, 11) is 0. The van der Waals surface area contributed by atoms with Crippen LogP contribution in [0.4, 0.5) is 0 Å². The average molecular weight is 557 g/mol. The van der Waals surface area contributed by atoms with E-state index in [0.717, 1.165) is 5.57 Å². The zero-order valence-corrected chi connectivity index (χ0v) is 25.1. The fourth-order valence-corrected chi connectivity index (χ4v) is 8.98. The number of rotatable bonds is 5. The van der Waals surface area contributed by atoms with E-state index in [9.17, 15) is 34.5 Å². The van der Waals surface area contributed by atoms with Crippen LogP contribution in [0, 0.1) is 39.4 Å². The molecule has 4 rings (SSSR count). The Morgan fingerprint density at radius 3 is 2.25 bits per heavy atom. The number of fused-ring (bicyclic) bond motifs is 5. The second-order valence-corrected chi connectivity index (χ2v) is 14.4. The number of ether oxygens (including phenoxy) is 1. The van der Waals surface area contributed by atoms with Gasteiger partial charge >= 0.3 is 5.97 Å². The van der Waals surface area contributed by atoms with E-state index < -0.39 is 62.6 Å². The van der Waals surface area contributed by atoms with Crippen LogP contribution < -0.4 is 0 Å². The summed E-state index contributed by atoms with van der Waals surface area (Å²) in [5, 5.41) is 33.8. The maximum atomic E-state index is 14.3. The number of allylic oxidation sites excluding steroid dienone is 4. The van der Waals surface area contributed by atoms with Gasteiger partial charge in [0.1, 0.15) is 17.0 Å². The second kappa shape index (κ2) is 8.96. The normalized spacial score (nSPS) is 40.4. The average Bonchev–Trinajstić information content (AvgIpc) is 3.01. The Morgan fingerprint density at radius 2 is 1.68 bits per heavy atom. The van der Waals surface area contributed by atoms with E-state index in [0.29, 0.717) is 6.42 Å². The topological polar surface area (TPSA) is 138 Å². The number of esters is 1. The van der Waals surface area contributed by atoms with Gasteiger partial charge in [-0.05, 0) is 82.4 Å². The van der Waals surface area contributed by atoms with E-state index in [-0.39, 0.29) is 36.1 Å². The van der Waals surface area contributed by atoms with Crippen LogP contribution in [0.25, 0.3) is 0 Å². The molecule has 3 N–H and O–H groups in total. The van der Waals surface area contributed by atoms with Crippen molar-refractivity contribution in [1.29, 1.82) is 0 Å². The van der Waals surface area contributed by atoms with Crippen LogP contribution in [0.2, 0.25) is 0 Å². The van der Waals surface area contributed by atoms with Crippen LogP contribution in [0.5, 0.6) is 0 Å². The van der Waals surface area contributed by atoms with E-state index in [1.165, 1.54) is 32.1 Å². The molecule has 2 fully saturated rings. The van der Waals surface area contributed by atoms with Crippen molar-refractivity contribution in [2.75, 3.05) is 0 Å². The number of Topliss-reactive ketones (excluding diaryl/α,β-unsaturated/α-hetero) is 2. The first kappa shape index (κ1) is 30.4. The van der Waals surface area contributed by atoms with Crippen molar-refractivity contribution in [3.8, 4) is 0 Å². The Hall–Kier alpha value is -2.58. The molecule has 0 heterocycles. The fraction of sp³-hybridized carbons (Fsp3) is 0.688. The summed E-state index contributed by atoms with van der Waals surface area (Å²) < 4.78 is 5.22. The van der Waals surface area contributed by atoms with E-state index in [1.54, 1.807) is 27.7 Å². The summed E-state index contributed by atoms with van der Waals surface area (Å²) in [6.45, 7) is 15.3. The predicted molar refractivity (Wildman–Crippen MR) is 148 cm³/mol. The molecule has 2 saturated carbocycles. The Bertz CT molecular complexity index is 1270. The van der Waals surface area contributed by atoms with E-state index in [1.807, 2.05) is 26.8 Å². The van der Waals surface area contributed by atoms with Crippen molar-refractivity contribution in [2.24, 2.45) is 39.4 Å². The summed E-state index contributed by atoms with van der Waals surface area (Å²) in [5.41, 5.74) is -5.72. The minimum atomic E-state index is -2.00. The Kier molecular flexibility index (Phi) is 6.80. The standard InChI is InChI=1S/C32H44O8/c1-17(33)40-27(2,3)13-12-23(36)32(9,39)25-21(35)15-29(6)22-11-10-18-19(14-20(34)26(38)28(18,4)5)31(22,8)24(37)16-30(25,29)7/h10,12-14,19,21-22,25,34-35,39H,11,15-16H2,1-9H3/b13-12+/t19-,21+,22-,25-,29-,30+,31-,32-/m0/s1. The van der Waals surface area contributed by atoms with Gasteiger partial charge in [-0.25, -0.2) is 0 Å². The third-order valence-corrected chi connectivity index (χ3v) is 11.2. The maximum absolute atomic E-state index is 14.3. The summed E-state index contributed by atoms with van der Waals surface area (Å²) in [5.74, 6) is -3.61. The van der Waals surface area contributed by atoms with Crippen LogP contribution in [0.15, 0.2) is 35.6 Å². The first-order chi connectivity index (χ1) is 18.1. The molecule has 8 atom stereocenters. The molecule has 0 aliphatic heterocycles. The quantitative estimate of drug-likeness (QED) is 0.260. The van der Waals surface area contributed by atoms with Gasteiger partial charge in [0, 0.05) is 30.6 Å². The largest absolute Gasteiger partial charge is 0.505 e. The molecule has 8 heteroatoms. The minimum Gasteiger partial charge on any atom is -0.505 e. The predicted octanol–water partition coefficient (Wildman–Crippen LogP) is 4.19. The zero-order chi connectivity index (χ0) is 30.4. The van der Waals surface area contributed by atoms with Crippen molar-refractivity contribution in [1.82, 2.24) is 0 Å². The van der Waals surface area contributed by atoms with Crippen LogP contribution in [0.1, 0.15) is 81.6 Å². The molecule has 4 aliphatic rings. The number of hydrogen-bond acceptors (Lipinski definition) is 8. The van der Waals surface area contributed by atoms with Crippen LogP contribution in [0.3, 0.4) is 0 Å². The zero-order valence-electron chi connectivity index (χ0n) is 25.1. The molecule has 0 aromatic rings. The van der Waals surface area contributed by atoms with Gasteiger partial charge in [0.25, 0.3) is 0 Å². The lowest BCUT2D eigenvalue weighted by Gasteiger charge is -2.63. The van der Waals surface area contributed by atoms with Crippen molar-refractivity contribution in [2.45, 2.75) is 98.9 Å². The highest BCUT2D eigenvalue weighted by atomic mass is 16.6. The molecule has 0 spiro atoms. The first-order valence-corrected chi connectivity index (χ1v) is 14.1. The maximum Gasteiger partial charge on any atom is 0.303 e. The molecule has 4 aliphatic carbocycles. The molecule has 8 nitrogen and oxygen atoms in total. The Balaban J connectivity index is 1.76. The third kappa shape index (κ3) is 4.00. The van der Waals surface area contributed by atoms with Crippen LogP contribution in [-0.2, 0) is 23.9 Å². The minimum absolute atomic E-state index is 0.0249. The number of ketones is 3. The van der Waals surface area contributed by atoms with Crippen molar-refractivity contribution >= 4 is 23.3 Å². The highest BCUT2D eigenvalue weighted by molar-refractivity contribution is 6.02.